The molecule has 7 rings (SSSR count). The van der Waals surface area contributed by atoms with Crippen molar-refractivity contribution in [2.24, 2.45) is 0 Å². The van der Waals surface area contributed by atoms with Gasteiger partial charge in [-0.3, -0.25) is 0 Å². The zero-order valence-electron chi connectivity index (χ0n) is 18.4. The Morgan fingerprint density at radius 2 is 1.00 bits per heavy atom. The lowest BCUT2D eigenvalue weighted by Gasteiger charge is -2.10. The molecule has 0 amide bonds. The molecule has 160 valence electrons. The van der Waals surface area contributed by atoms with Crippen molar-refractivity contribution in [2.45, 2.75) is 0 Å². The van der Waals surface area contributed by atoms with E-state index in [0.29, 0.717) is 0 Å². The summed E-state index contributed by atoms with van der Waals surface area (Å²) in [4.78, 5) is 2.60. The fraction of sp³-hybridized carbons (Fsp3) is 0. The molecule has 0 saturated carbocycles. The molecule has 0 aliphatic heterocycles. The number of thiophene rings is 1. The van der Waals surface area contributed by atoms with E-state index in [4.69, 9.17) is 4.42 Å². The Morgan fingerprint density at radius 1 is 0.412 bits per heavy atom. The van der Waals surface area contributed by atoms with Crippen molar-refractivity contribution < 1.29 is 4.42 Å². The van der Waals surface area contributed by atoms with Gasteiger partial charge < -0.3 is 4.42 Å². The SMILES string of the molecule is c1ccc(-c2cc3oc4ccccc4c3cc2-c2sc(-c3ccccc3)c3ccccc23)cc1. The summed E-state index contributed by atoms with van der Waals surface area (Å²) in [5.74, 6) is 0. The van der Waals surface area contributed by atoms with Crippen LogP contribution in [0.2, 0.25) is 0 Å². The average molecular weight is 453 g/mol. The van der Waals surface area contributed by atoms with Crippen LogP contribution in [0.25, 0.3) is 64.7 Å². The maximum absolute atomic E-state index is 6.27. The third-order valence-corrected chi connectivity index (χ3v) is 7.81. The van der Waals surface area contributed by atoms with Gasteiger partial charge >= 0.3 is 0 Å². The van der Waals surface area contributed by atoms with E-state index in [1.165, 1.54) is 42.8 Å². The molecule has 0 spiro atoms. The predicted molar refractivity (Wildman–Crippen MR) is 145 cm³/mol. The Hall–Kier alpha value is -4.14. The summed E-state index contributed by atoms with van der Waals surface area (Å²) < 4.78 is 6.27. The van der Waals surface area contributed by atoms with Crippen LogP contribution in [-0.4, -0.2) is 0 Å². The van der Waals surface area contributed by atoms with Crippen LogP contribution >= 0.6 is 11.3 Å². The zero-order valence-corrected chi connectivity index (χ0v) is 19.2. The summed E-state index contributed by atoms with van der Waals surface area (Å²) in [7, 11) is 0. The van der Waals surface area contributed by atoms with E-state index in [1.807, 2.05) is 23.5 Å². The van der Waals surface area contributed by atoms with Gasteiger partial charge in [-0.25, -0.2) is 0 Å². The van der Waals surface area contributed by atoms with Crippen molar-refractivity contribution in [3.8, 4) is 32.0 Å². The van der Waals surface area contributed by atoms with Crippen LogP contribution in [0.1, 0.15) is 0 Å². The van der Waals surface area contributed by atoms with E-state index in [-0.39, 0.29) is 0 Å². The average Bonchev–Trinajstić information content (AvgIpc) is 3.47. The lowest BCUT2D eigenvalue weighted by Crippen LogP contribution is -1.84. The fourth-order valence-electron chi connectivity index (χ4n) is 4.91. The molecular formula is C32H20OS. The minimum absolute atomic E-state index is 0.924. The molecule has 2 heterocycles. The fourth-order valence-corrected chi connectivity index (χ4v) is 6.22. The summed E-state index contributed by atoms with van der Waals surface area (Å²) in [5, 5.41) is 4.90. The second kappa shape index (κ2) is 7.72. The van der Waals surface area contributed by atoms with E-state index < -0.39 is 0 Å². The molecule has 0 saturated heterocycles. The Bertz CT molecular complexity index is 1790. The Balaban J connectivity index is 1.59. The smallest absolute Gasteiger partial charge is 0.136 e. The van der Waals surface area contributed by atoms with E-state index in [1.54, 1.807) is 0 Å². The first-order valence-electron chi connectivity index (χ1n) is 11.4. The molecule has 0 bridgehead atoms. The number of benzene rings is 5. The molecule has 2 heteroatoms. The second-order valence-corrected chi connectivity index (χ2v) is 9.55. The van der Waals surface area contributed by atoms with Crippen molar-refractivity contribution >= 4 is 44.0 Å². The largest absolute Gasteiger partial charge is 0.456 e. The molecule has 0 aliphatic carbocycles. The van der Waals surface area contributed by atoms with Crippen LogP contribution in [0.5, 0.6) is 0 Å². The Labute approximate surface area is 201 Å². The van der Waals surface area contributed by atoms with Gasteiger partial charge in [0, 0.05) is 36.9 Å². The molecule has 5 aromatic carbocycles. The maximum Gasteiger partial charge on any atom is 0.136 e. The highest BCUT2D eigenvalue weighted by molar-refractivity contribution is 7.21. The molecule has 1 nitrogen and oxygen atoms in total. The summed E-state index contributed by atoms with van der Waals surface area (Å²) in [6.45, 7) is 0. The van der Waals surface area contributed by atoms with Crippen molar-refractivity contribution in [3.63, 3.8) is 0 Å². The first kappa shape index (κ1) is 19.3. The maximum atomic E-state index is 6.27. The van der Waals surface area contributed by atoms with Crippen LogP contribution in [0.4, 0.5) is 0 Å². The van der Waals surface area contributed by atoms with Gasteiger partial charge in [-0.15, -0.1) is 11.3 Å². The van der Waals surface area contributed by atoms with E-state index in [9.17, 15) is 0 Å². The molecular weight excluding hydrogens is 432 g/mol. The molecule has 0 atom stereocenters. The monoisotopic (exact) mass is 452 g/mol. The van der Waals surface area contributed by atoms with E-state index >= 15 is 0 Å². The highest BCUT2D eigenvalue weighted by Gasteiger charge is 2.19. The van der Waals surface area contributed by atoms with Gasteiger partial charge in [0.1, 0.15) is 11.2 Å². The lowest BCUT2D eigenvalue weighted by molar-refractivity contribution is 0.669. The molecule has 7 aromatic rings. The van der Waals surface area contributed by atoms with E-state index in [0.717, 1.165) is 21.9 Å². The van der Waals surface area contributed by atoms with Crippen molar-refractivity contribution in [3.05, 3.63) is 121 Å². The standard InChI is InChI=1S/C32H20OS/c1-3-11-21(12-4-1)26-20-30-27(23-15-9-10-18-29(23)33-30)19-28(26)32-25-17-8-7-16-24(25)31(34-32)22-13-5-2-6-14-22/h1-20H. The quantitative estimate of drug-likeness (QED) is 0.260. The number of hydrogen-bond acceptors (Lipinski definition) is 2. The molecule has 0 radical (unpaired) electrons. The number of hydrogen-bond donors (Lipinski definition) is 0. The van der Waals surface area contributed by atoms with Gasteiger partial charge in [0.05, 0.1) is 0 Å². The molecule has 0 aliphatic rings. The highest BCUT2D eigenvalue weighted by atomic mass is 32.1. The number of para-hydroxylation sites is 1. The van der Waals surface area contributed by atoms with Gasteiger partial charge in [-0.05, 0) is 34.9 Å². The van der Waals surface area contributed by atoms with Gasteiger partial charge in [0.2, 0.25) is 0 Å². The highest BCUT2D eigenvalue weighted by Crippen LogP contribution is 2.48. The van der Waals surface area contributed by atoms with Crippen molar-refractivity contribution in [2.75, 3.05) is 0 Å². The first-order valence-corrected chi connectivity index (χ1v) is 12.3. The summed E-state index contributed by atoms with van der Waals surface area (Å²) >= 11 is 1.87. The van der Waals surface area contributed by atoms with Gasteiger partial charge in [-0.2, -0.15) is 0 Å². The molecule has 0 unspecified atom stereocenters. The Morgan fingerprint density at radius 3 is 1.74 bits per heavy atom. The van der Waals surface area contributed by atoms with Crippen LogP contribution in [0, 0.1) is 0 Å². The first-order chi connectivity index (χ1) is 16.9. The van der Waals surface area contributed by atoms with Crippen molar-refractivity contribution in [1.29, 1.82) is 0 Å². The Kier molecular flexibility index (Phi) is 4.39. The van der Waals surface area contributed by atoms with E-state index in [2.05, 4.69) is 109 Å². The third-order valence-electron chi connectivity index (χ3n) is 6.50. The van der Waals surface area contributed by atoms with Crippen LogP contribution in [0.15, 0.2) is 126 Å². The third kappa shape index (κ3) is 3.00. The van der Waals surface area contributed by atoms with Gasteiger partial charge in [0.15, 0.2) is 0 Å². The molecule has 2 aromatic heterocycles. The number of rotatable bonds is 3. The topological polar surface area (TPSA) is 13.1 Å². The minimum Gasteiger partial charge on any atom is -0.456 e. The number of furan rings is 1. The predicted octanol–water partition coefficient (Wildman–Crippen LogP) is 9.80. The van der Waals surface area contributed by atoms with Crippen LogP contribution in [-0.2, 0) is 0 Å². The minimum atomic E-state index is 0.924. The van der Waals surface area contributed by atoms with Crippen molar-refractivity contribution in [1.82, 2.24) is 0 Å². The molecule has 0 N–H and O–H groups in total. The molecule has 34 heavy (non-hydrogen) atoms. The normalized spacial score (nSPS) is 11.5. The number of fused-ring (bicyclic) bond motifs is 4. The van der Waals surface area contributed by atoms with Crippen LogP contribution < -0.4 is 0 Å². The zero-order chi connectivity index (χ0) is 22.5. The van der Waals surface area contributed by atoms with Gasteiger partial charge in [0.25, 0.3) is 0 Å². The van der Waals surface area contributed by atoms with Gasteiger partial charge in [-0.1, -0.05) is 103 Å². The summed E-state index contributed by atoms with van der Waals surface area (Å²) in [6, 6.07) is 43.0. The summed E-state index contributed by atoms with van der Waals surface area (Å²) in [6.07, 6.45) is 0. The van der Waals surface area contributed by atoms with Crippen LogP contribution in [0.3, 0.4) is 0 Å². The lowest BCUT2D eigenvalue weighted by atomic mass is 9.94. The second-order valence-electron chi connectivity index (χ2n) is 8.53. The summed E-state index contributed by atoms with van der Waals surface area (Å²) in [5.41, 5.74) is 6.74. The molecule has 0 fully saturated rings.